The molecule has 0 radical (unpaired) electrons. The van der Waals surface area contributed by atoms with Crippen LogP contribution in [0.15, 0.2) is 66.8 Å². The molecule has 3 aromatic rings. The molecule has 10 nitrogen and oxygen atoms in total. The first-order valence-corrected chi connectivity index (χ1v) is 15.3. The molecular weight excluding hydrogens is 665 g/mol. The van der Waals surface area contributed by atoms with E-state index in [0.29, 0.717) is 45.6 Å². The maximum absolute atomic E-state index is 13.6. The second kappa shape index (κ2) is 15.4. The number of halogens is 1. The second-order valence-corrected chi connectivity index (χ2v) is 11.5. The largest absolute Gasteiger partial charge is 0.493 e. The number of methoxy groups -OCH3 is 1. The van der Waals surface area contributed by atoms with Crippen LogP contribution in [0.4, 0.5) is 0 Å². The number of ether oxygens (including phenoxy) is 2. The van der Waals surface area contributed by atoms with Crippen molar-refractivity contribution in [3.8, 4) is 11.5 Å². The predicted octanol–water partition coefficient (Wildman–Crippen LogP) is 3.23. The summed E-state index contributed by atoms with van der Waals surface area (Å²) in [7, 11) is 1.48. The fraction of sp³-hybridized carbons (Fsp3) is 0.375. The van der Waals surface area contributed by atoms with Gasteiger partial charge >= 0.3 is 0 Å². The summed E-state index contributed by atoms with van der Waals surface area (Å²) in [6, 6.07) is 12.6. The maximum atomic E-state index is 13.6. The number of H-pyrrole nitrogens is 1. The highest BCUT2D eigenvalue weighted by Crippen LogP contribution is 2.37. The van der Waals surface area contributed by atoms with E-state index in [4.69, 9.17) is 9.47 Å². The molecule has 1 heterocycles. The van der Waals surface area contributed by atoms with Gasteiger partial charge in [-0.15, -0.1) is 6.58 Å². The molecule has 0 spiro atoms. The minimum Gasteiger partial charge on any atom is -0.493 e. The Kier molecular flexibility index (Phi) is 11.6. The summed E-state index contributed by atoms with van der Waals surface area (Å²) in [5, 5.41) is 34.4. The van der Waals surface area contributed by atoms with Crippen molar-refractivity contribution in [2.75, 3.05) is 26.8 Å². The Morgan fingerprint density at radius 3 is 2.72 bits per heavy atom. The predicted molar refractivity (Wildman–Crippen MR) is 172 cm³/mol. The van der Waals surface area contributed by atoms with E-state index >= 15 is 0 Å². The van der Waals surface area contributed by atoms with Crippen molar-refractivity contribution < 1.29 is 34.4 Å². The van der Waals surface area contributed by atoms with Gasteiger partial charge in [-0.1, -0.05) is 24.3 Å². The summed E-state index contributed by atoms with van der Waals surface area (Å²) in [5.41, 5.74) is 2.91. The van der Waals surface area contributed by atoms with Gasteiger partial charge in [-0.3, -0.25) is 9.59 Å². The molecule has 0 saturated heterocycles. The highest BCUT2D eigenvalue weighted by molar-refractivity contribution is 14.1. The SMILES string of the molecule is C=CCCC(=O)N(CCc1cc2ccccc2[nH]1)C1CC(C(=O)NCCO)=CC(Oc2c(I)cc(CO)cc2OC)C1O. The Balaban J connectivity index is 1.68. The molecule has 230 valence electrons. The number of para-hydroxylation sites is 1. The second-order valence-electron chi connectivity index (χ2n) is 10.3. The molecule has 0 fully saturated rings. The van der Waals surface area contributed by atoms with Crippen LogP contribution in [0.3, 0.4) is 0 Å². The lowest BCUT2D eigenvalue weighted by Gasteiger charge is -2.40. The van der Waals surface area contributed by atoms with Crippen molar-refractivity contribution in [2.45, 2.75) is 50.5 Å². The van der Waals surface area contributed by atoms with E-state index in [1.165, 1.54) is 7.11 Å². The van der Waals surface area contributed by atoms with Crippen LogP contribution in [-0.4, -0.2) is 82.1 Å². The minimum absolute atomic E-state index is 0.0611. The van der Waals surface area contributed by atoms with Gasteiger partial charge in [0.15, 0.2) is 11.5 Å². The van der Waals surface area contributed by atoms with Crippen molar-refractivity contribution in [1.82, 2.24) is 15.2 Å². The zero-order chi connectivity index (χ0) is 30.9. The average molecular weight is 704 g/mol. The van der Waals surface area contributed by atoms with Gasteiger partial charge in [0.1, 0.15) is 12.2 Å². The highest BCUT2D eigenvalue weighted by atomic mass is 127. The molecule has 0 saturated carbocycles. The third-order valence-electron chi connectivity index (χ3n) is 7.43. The third-order valence-corrected chi connectivity index (χ3v) is 8.23. The minimum atomic E-state index is -1.18. The molecule has 2 aromatic carbocycles. The van der Waals surface area contributed by atoms with Gasteiger partial charge in [-0.25, -0.2) is 0 Å². The molecule has 4 rings (SSSR count). The van der Waals surface area contributed by atoms with Gasteiger partial charge in [-0.2, -0.15) is 0 Å². The molecule has 1 aromatic heterocycles. The number of aromatic nitrogens is 1. The summed E-state index contributed by atoms with van der Waals surface area (Å²) in [6.45, 7) is 3.69. The van der Waals surface area contributed by atoms with Gasteiger partial charge in [0.05, 0.1) is 29.9 Å². The van der Waals surface area contributed by atoms with Crippen LogP contribution < -0.4 is 14.8 Å². The zero-order valence-electron chi connectivity index (χ0n) is 24.1. The Bertz CT molecular complexity index is 1440. The number of amides is 2. The van der Waals surface area contributed by atoms with Gasteiger partial charge in [0, 0.05) is 49.1 Å². The van der Waals surface area contributed by atoms with Crippen molar-refractivity contribution in [1.29, 1.82) is 0 Å². The number of rotatable bonds is 14. The summed E-state index contributed by atoms with van der Waals surface area (Å²) < 4.78 is 12.5. The van der Waals surface area contributed by atoms with Crippen LogP contribution >= 0.6 is 22.6 Å². The molecule has 5 N–H and O–H groups in total. The van der Waals surface area contributed by atoms with E-state index in [1.54, 1.807) is 29.2 Å². The van der Waals surface area contributed by atoms with Crippen LogP contribution in [0.2, 0.25) is 0 Å². The van der Waals surface area contributed by atoms with Gasteiger partial charge < -0.3 is 40.0 Å². The number of hydrogen-bond donors (Lipinski definition) is 5. The number of aliphatic hydroxyl groups excluding tert-OH is 3. The van der Waals surface area contributed by atoms with E-state index in [1.807, 2.05) is 30.3 Å². The quantitative estimate of drug-likeness (QED) is 0.128. The molecule has 43 heavy (non-hydrogen) atoms. The van der Waals surface area contributed by atoms with E-state index in [-0.39, 0.29) is 38.5 Å². The standard InChI is InChI=1S/C32H38IN3O7/c1-3-4-9-29(39)36(12-10-23-16-21-7-5-6-8-25(21)35-23)26-17-22(32(41)34-11-13-37)18-27(30(26)40)43-31-24(33)14-20(19-38)15-28(31)42-2/h3,5-8,14-16,18,26-27,30,35,37-38,40H,1,4,9-13,17,19H2,2H3,(H,34,41). The number of carbonyl (C=O) groups is 2. The zero-order valence-corrected chi connectivity index (χ0v) is 26.2. The fourth-order valence-electron chi connectivity index (χ4n) is 5.25. The summed E-state index contributed by atoms with van der Waals surface area (Å²) in [4.78, 5) is 31.7. The number of benzene rings is 2. The van der Waals surface area contributed by atoms with E-state index in [2.05, 4.69) is 39.5 Å². The van der Waals surface area contributed by atoms with Crippen molar-refractivity contribution in [2.24, 2.45) is 0 Å². The lowest BCUT2D eigenvalue weighted by atomic mass is 9.87. The Morgan fingerprint density at radius 2 is 2.02 bits per heavy atom. The van der Waals surface area contributed by atoms with Crippen molar-refractivity contribution in [3.63, 3.8) is 0 Å². The number of nitrogens with one attached hydrogen (secondary N) is 2. The number of carbonyl (C=O) groups excluding carboxylic acids is 2. The molecular formula is C32H38IN3O7. The average Bonchev–Trinajstić information content (AvgIpc) is 3.44. The van der Waals surface area contributed by atoms with E-state index in [0.717, 1.165) is 16.6 Å². The Morgan fingerprint density at radius 1 is 1.23 bits per heavy atom. The smallest absolute Gasteiger partial charge is 0.247 e. The van der Waals surface area contributed by atoms with Gasteiger partial charge in [0.25, 0.3) is 0 Å². The first kappa shape index (κ1) is 32.5. The van der Waals surface area contributed by atoms with E-state index in [9.17, 15) is 24.9 Å². The van der Waals surface area contributed by atoms with Crippen LogP contribution in [0.1, 0.15) is 30.5 Å². The van der Waals surface area contributed by atoms with Crippen molar-refractivity contribution in [3.05, 3.63) is 81.6 Å². The fourth-order valence-corrected chi connectivity index (χ4v) is 6.04. The van der Waals surface area contributed by atoms with Crippen LogP contribution in [0.5, 0.6) is 11.5 Å². The monoisotopic (exact) mass is 703 g/mol. The topological polar surface area (TPSA) is 144 Å². The summed E-state index contributed by atoms with van der Waals surface area (Å²) in [6.07, 6.45) is 2.34. The van der Waals surface area contributed by atoms with Crippen molar-refractivity contribution >= 4 is 45.3 Å². The molecule has 1 aliphatic carbocycles. The molecule has 2 amide bonds. The number of hydrogen-bond acceptors (Lipinski definition) is 7. The number of aliphatic hydroxyl groups is 3. The van der Waals surface area contributed by atoms with Crippen LogP contribution in [0, 0.1) is 3.57 Å². The molecule has 0 aliphatic heterocycles. The highest BCUT2D eigenvalue weighted by Gasteiger charge is 2.40. The number of nitrogens with zero attached hydrogens (tertiary/aromatic N) is 1. The lowest BCUT2D eigenvalue weighted by Crippen LogP contribution is -2.55. The molecule has 11 heteroatoms. The molecule has 3 unspecified atom stereocenters. The number of aromatic amines is 1. The van der Waals surface area contributed by atoms with E-state index < -0.39 is 24.2 Å². The molecule has 1 aliphatic rings. The first-order chi connectivity index (χ1) is 20.8. The Labute approximate surface area is 264 Å². The summed E-state index contributed by atoms with van der Waals surface area (Å²) >= 11 is 2.07. The first-order valence-electron chi connectivity index (χ1n) is 14.2. The molecule has 0 bridgehead atoms. The lowest BCUT2D eigenvalue weighted by molar-refractivity contribution is -0.138. The number of allylic oxidation sites excluding steroid dienone is 1. The number of fused-ring (bicyclic) bond motifs is 1. The maximum Gasteiger partial charge on any atom is 0.247 e. The van der Waals surface area contributed by atoms with Crippen LogP contribution in [0.25, 0.3) is 10.9 Å². The third kappa shape index (κ3) is 7.96. The normalized spacial score (nSPS) is 18.2. The van der Waals surface area contributed by atoms with Gasteiger partial charge in [0.2, 0.25) is 11.8 Å². The Hall–Kier alpha value is -3.39. The summed E-state index contributed by atoms with van der Waals surface area (Å²) in [5.74, 6) is 0.128. The van der Waals surface area contributed by atoms with Gasteiger partial charge in [-0.05, 0) is 70.3 Å². The molecule has 3 atom stereocenters. The van der Waals surface area contributed by atoms with Crippen LogP contribution in [-0.2, 0) is 22.6 Å².